The van der Waals surface area contributed by atoms with E-state index in [0.717, 1.165) is 60.7 Å². The zero-order valence-electron chi connectivity index (χ0n) is 34.4. The molecule has 286 valence electrons. The number of benzene rings is 8. The summed E-state index contributed by atoms with van der Waals surface area (Å²) in [6.45, 7) is 9.31. The van der Waals surface area contributed by atoms with Gasteiger partial charge in [-0.05, 0) is 102 Å². The highest BCUT2D eigenvalue weighted by Crippen LogP contribution is 2.58. The molecule has 0 bridgehead atoms. The van der Waals surface area contributed by atoms with Crippen LogP contribution in [-0.2, 0) is 10.8 Å². The molecule has 1 heterocycles. The quantitative estimate of drug-likeness (QED) is 0.159. The van der Waals surface area contributed by atoms with Gasteiger partial charge in [-0.25, -0.2) is 0 Å². The first kappa shape index (κ1) is 36.0. The van der Waals surface area contributed by atoms with E-state index >= 15 is 0 Å². The Hall–Kier alpha value is -7.14. The minimum Gasteiger partial charge on any atom is -0.456 e. The smallest absolute Gasteiger partial charge is 0.136 e. The van der Waals surface area contributed by atoms with E-state index in [9.17, 15) is 0 Å². The average molecular weight is 769 g/mol. The van der Waals surface area contributed by atoms with Crippen molar-refractivity contribution in [2.75, 3.05) is 0 Å². The molecule has 1 heteroatoms. The van der Waals surface area contributed by atoms with Crippen molar-refractivity contribution in [3.8, 4) is 45.7 Å². The molecule has 1 aromatic heterocycles. The predicted octanol–water partition coefficient (Wildman–Crippen LogP) is 15.7. The van der Waals surface area contributed by atoms with Gasteiger partial charge in [0.05, 0.1) is 0 Å². The fourth-order valence-electron chi connectivity index (χ4n) is 11.2. The normalized spacial score (nSPS) is 18.0. The van der Waals surface area contributed by atoms with E-state index in [1.165, 1.54) is 49.5 Å². The van der Waals surface area contributed by atoms with Crippen LogP contribution >= 0.6 is 0 Å². The largest absolute Gasteiger partial charge is 0.456 e. The van der Waals surface area contributed by atoms with Crippen molar-refractivity contribution < 1.29 is 4.42 Å². The molecule has 2 aliphatic carbocycles. The first-order valence-electron chi connectivity index (χ1n) is 21.0. The summed E-state index contributed by atoms with van der Waals surface area (Å²) in [4.78, 5) is 0. The number of hydrogen-bond acceptors (Lipinski definition) is 1. The maximum atomic E-state index is 6.63. The van der Waals surface area contributed by atoms with Gasteiger partial charge in [0, 0.05) is 32.9 Å². The summed E-state index contributed by atoms with van der Waals surface area (Å²) in [6, 6.07) is 54.8. The van der Waals surface area contributed by atoms with E-state index in [1.54, 1.807) is 0 Å². The maximum absolute atomic E-state index is 6.63. The first-order valence-corrected chi connectivity index (χ1v) is 21.0. The van der Waals surface area contributed by atoms with Crippen molar-refractivity contribution in [1.82, 2.24) is 0 Å². The highest BCUT2D eigenvalue weighted by atomic mass is 16.3. The van der Waals surface area contributed by atoms with Crippen LogP contribution in [0.25, 0.3) is 88.5 Å². The zero-order chi connectivity index (χ0) is 40.8. The van der Waals surface area contributed by atoms with Crippen LogP contribution in [0.15, 0.2) is 180 Å². The molecule has 0 N–H and O–H groups in total. The van der Waals surface area contributed by atoms with E-state index in [2.05, 4.69) is 216 Å². The van der Waals surface area contributed by atoms with Crippen LogP contribution in [0.5, 0.6) is 0 Å². The molecular weight excluding hydrogens is 725 g/mol. The van der Waals surface area contributed by atoms with Crippen molar-refractivity contribution in [3.05, 3.63) is 204 Å². The molecule has 11 rings (SSSR count). The zero-order valence-corrected chi connectivity index (χ0v) is 34.4. The molecule has 8 aromatic carbocycles. The third-order valence-electron chi connectivity index (χ3n) is 13.7. The van der Waals surface area contributed by atoms with Crippen molar-refractivity contribution in [2.24, 2.45) is 5.92 Å². The third-order valence-corrected chi connectivity index (χ3v) is 13.7. The Balaban J connectivity index is 1.21. The Morgan fingerprint density at radius 2 is 1.18 bits per heavy atom. The molecule has 0 saturated heterocycles. The topological polar surface area (TPSA) is 13.1 Å². The second-order valence-corrected chi connectivity index (χ2v) is 17.2. The molecule has 0 radical (unpaired) electrons. The first-order chi connectivity index (χ1) is 29.3. The Labute approximate surface area is 352 Å². The molecule has 9 aromatic rings. The summed E-state index contributed by atoms with van der Waals surface area (Å²) in [7, 11) is 0. The molecule has 0 aliphatic heterocycles. The standard InChI is InChI=1S/C59H44O/c1-6-19-43-39(7-2)54(37-20-9-8-10-21-37)46-22-11-12-23-47(46)55(43)44-27-17-26-42-41(44)25-18-28-45(42)56-40(33-34-52-57(56)48-24-13-16-31-51(48)60-52)38-32-35-53-58(3,4)49-29-14-15-30-50(49)59(53,5)36-38/h2,6,8-36,53H,1,3-5H3/b19-6-. The summed E-state index contributed by atoms with van der Waals surface area (Å²) in [5, 5.41) is 6.91. The highest BCUT2D eigenvalue weighted by Gasteiger charge is 2.52. The Morgan fingerprint density at radius 3 is 1.90 bits per heavy atom. The van der Waals surface area contributed by atoms with Crippen LogP contribution in [-0.4, -0.2) is 0 Å². The number of fused-ring (bicyclic) bond motifs is 8. The molecule has 2 unspecified atom stereocenters. The fourth-order valence-corrected chi connectivity index (χ4v) is 11.2. The Bertz CT molecular complexity index is 3380. The molecule has 2 atom stereocenters. The average Bonchev–Trinajstić information content (AvgIpc) is 3.75. The summed E-state index contributed by atoms with van der Waals surface area (Å²) >= 11 is 0. The number of furan rings is 1. The minimum absolute atomic E-state index is 0.0119. The van der Waals surface area contributed by atoms with Crippen molar-refractivity contribution in [1.29, 1.82) is 0 Å². The van der Waals surface area contributed by atoms with E-state index in [1.807, 2.05) is 0 Å². The lowest BCUT2D eigenvalue weighted by molar-refractivity contribution is 0.325. The van der Waals surface area contributed by atoms with Gasteiger partial charge in [-0.15, -0.1) is 6.42 Å². The van der Waals surface area contributed by atoms with Crippen LogP contribution < -0.4 is 0 Å². The minimum atomic E-state index is -0.161. The lowest BCUT2D eigenvalue weighted by atomic mass is 9.65. The number of rotatable bonds is 5. The van der Waals surface area contributed by atoms with Gasteiger partial charge in [0.25, 0.3) is 0 Å². The van der Waals surface area contributed by atoms with Gasteiger partial charge in [0.15, 0.2) is 0 Å². The van der Waals surface area contributed by atoms with Gasteiger partial charge in [-0.3, -0.25) is 0 Å². The van der Waals surface area contributed by atoms with Gasteiger partial charge in [-0.2, -0.15) is 0 Å². The summed E-state index contributed by atoms with van der Waals surface area (Å²) < 4.78 is 6.63. The SMILES string of the molecule is C#Cc1c(/C=C\C)c(-c2cccc3c(-c4c(C5=CC6(C)c7ccccc7C(C)(C)C6C=C5)ccc5oc6ccccc6c45)cccc23)c2ccccc2c1-c1ccccc1. The van der Waals surface area contributed by atoms with Crippen molar-refractivity contribution >= 4 is 55.1 Å². The Kier molecular flexibility index (Phi) is 8.07. The predicted molar refractivity (Wildman–Crippen MR) is 255 cm³/mol. The van der Waals surface area contributed by atoms with Crippen molar-refractivity contribution in [2.45, 2.75) is 38.5 Å². The van der Waals surface area contributed by atoms with Crippen LogP contribution in [0, 0.1) is 18.3 Å². The van der Waals surface area contributed by atoms with Gasteiger partial charge in [-0.1, -0.05) is 197 Å². The van der Waals surface area contributed by atoms with E-state index in [0.29, 0.717) is 5.92 Å². The van der Waals surface area contributed by atoms with E-state index in [4.69, 9.17) is 10.8 Å². The monoisotopic (exact) mass is 768 g/mol. The summed E-state index contributed by atoms with van der Waals surface area (Å²) in [6.07, 6.45) is 18.2. The van der Waals surface area contributed by atoms with Crippen molar-refractivity contribution in [3.63, 3.8) is 0 Å². The maximum Gasteiger partial charge on any atom is 0.136 e. The van der Waals surface area contributed by atoms with E-state index in [-0.39, 0.29) is 10.8 Å². The fraction of sp³-hybridized carbons (Fsp3) is 0.119. The van der Waals surface area contributed by atoms with Crippen LogP contribution in [0.2, 0.25) is 0 Å². The Morgan fingerprint density at radius 1 is 0.567 bits per heavy atom. The second-order valence-electron chi connectivity index (χ2n) is 17.2. The molecule has 0 amide bonds. The molecule has 1 nitrogen and oxygen atoms in total. The molecule has 60 heavy (non-hydrogen) atoms. The summed E-state index contributed by atoms with van der Waals surface area (Å²) in [5.41, 5.74) is 15.7. The van der Waals surface area contributed by atoms with Gasteiger partial charge in [0.2, 0.25) is 0 Å². The lowest BCUT2D eigenvalue weighted by Gasteiger charge is -2.37. The van der Waals surface area contributed by atoms with Crippen LogP contribution in [0.1, 0.15) is 55.5 Å². The second kappa shape index (κ2) is 13.5. The molecule has 0 saturated carbocycles. The molecule has 0 spiro atoms. The molecule has 2 aliphatic rings. The number of allylic oxidation sites excluding steroid dienone is 5. The van der Waals surface area contributed by atoms with Crippen LogP contribution in [0.3, 0.4) is 0 Å². The number of hydrogen-bond donors (Lipinski definition) is 0. The summed E-state index contributed by atoms with van der Waals surface area (Å²) in [5.74, 6) is 3.51. The van der Waals surface area contributed by atoms with Gasteiger partial charge in [0.1, 0.15) is 11.2 Å². The number of terminal acetylenes is 1. The highest BCUT2D eigenvalue weighted by molar-refractivity contribution is 6.20. The van der Waals surface area contributed by atoms with Gasteiger partial charge < -0.3 is 4.42 Å². The number of para-hydroxylation sites is 1. The molecule has 0 fully saturated rings. The van der Waals surface area contributed by atoms with E-state index < -0.39 is 0 Å². The lowest BCUT2D eigenvalue weighted by Crippen LogP contribution is -2.34. The van der Waals surface area contributed by atoms with Gasteiger partial charge >= 0.3 is 0 Å². The third kappa shape index (κ3) is 5.07. The molecular formula is C59H44O. The van der Waals surface area contributed by atoms with Crippen LogP contribution in [0.4, 0.5) is 0 Å².